The van der Waals surface area contributed by atoms with Crippen LogP contribution in [0.4, 0.5) is 8.78 Å². The fraction of sp³-hybridized carbons (Fsp3) is 1.00. The Hall–Kier alpha value is 0.132. The van der Waals surface area contributed by atoms with Gasteiger partial charge in [-0.05, 0) is 51.2 Å². The van der Waals surface area contributed by atoms with E-state index in [-0.39, 0.29) is 19.8 Å². The van der Waals surface area contributed by atoms with Crippen LogP contribution in [-0.2, 0) is 27.8 Å². The van der Waals surface area contributed by atoms with Gasteiger partial charge in [0, 0.05) is 25.1 Å². The molecule has 0 aromatic rings. The zero-order valence-corrected chi connectivity index (χ0v) is 26.1. The summed E-state index contributed by atoms with van der Waals surface area (Å²) in [6.07, 6.45) is 1.75. The monoisotopic (exact) mass is 570 g/mol. The van der Waals surface area contributed by atoms with Gasteiger partial charge in [0.2, 0.25) is 0 Å². The van der Waals surface area contributed by atoms with Crippen molar-refractivity contribution < 1.29 is 41.4 Å². The first-order valence-electron chi connectivity index (χ1n) is 13.7. The Kier molecular flexibility index (Phi) is 13.9. The van der Waals surface area contributed by atoms with Crippen LogP contribution in [0.25, 0.3) is 0 Å². The van der Waals surface area contributed by atoms with E-state index in [9.17, 15) is 9.36 Å². The van der Waals surface area contributed by atoms with Crippen LogP contribution in [0.3, 0.4) is 0 Å². The number of hydrogen-bond donors (Lipinski definition) is 1. The minimum absolute atomic E-state index is 0.198. The van der Waals surface area contributed by atoms with E-state index in [1.165, 1.54) is 13.8 Å². The topological polar surface area (TPSA) is 83.5 Å². The first kappa shape index (κ1) is 35.2. The molecule has 0 spiro atoms. The lowest BCUT2D eigenvalue weighted by molar-refractivity contribution is -0.163. The molecule has 7 nitrogen and oxygen atoms in total. The predicted octanol–water partition coefficient (Wildman–Crippen LogP) is 6.48. The summed E-state index contributed by atoms with van der Waals surface area (Å²) in [5.74, 6) is -0.491. The van der Waals surface area contributed by atoms with Crippen molar-refractivity contribution in [3.05, 3.63) is 0 Å². The molecule has 1 rings (SSSR count). The van der Waals surface area contributed by atoms with Crippen molar-refractivity contribution >= 4 is 23.8 Å². The van der Waals surface area contributed by atoms with Crippen molar-refractivity contribution in [2.75, 3.05) is 33.0 Å². The summed E-state index contributed by atoms with van der Waals surface area (Å²) in [6.45, 7) is 14.7. The highest BCUT2D eigenvalue weighted by molar-refractivity contribution is 7.55. The molecule has 1 aliphatic heterocycles. The van der Waals surface area contributed by atoms with Gasteiger partial charge in [0.25, 0.3) is 0 Å². The average molecular weight is 571 g/mol. The summed E-state index contributed by atoms with van der Waals surface area (Å²) in [4.78, 5) is 10.9. The molecular weight excluding hydrogens is 520 g/mol. The highest BCUT2D eigenvalue weighted by Gasteiger charge is 2.64. The van der Waals surface area contributed by atoms with Crippen molar-refractivity contribution in [3.63, 3.8) is 0 Å². The van der Waals surface area contributed by atoms with Crippen molar-refractivity contribution in [2.24, 2.45) is 5.92 Å². The normalized spacial score (nSPS) is 25.6. The first-order valence-corrected chi connectivity index (χ1v) is 18.2. The highest BCUT2D eigenvalue weighted by Crippen LogP contribution is 2.65. The molecular formula is C25H50BF2O7PSi. The van der Waals surface area contributed by atoms with Crippen molar-refractivity contribution in [2.45, 2.75) is 122 Å². The van der Waals surface area contributed by atoms with E-state index in [1.807, 2.05) is 40.8 Å². The summed E-state index contributed by atoms with van der Waals surface area (Å²) < 4.78 is 73.4. The highest BCUT2D eigenvalue weighted by atomic mass is 31.2. The molecule has 218 valence electrons. The summed E-state index contributed by atoms with van der Waals surface area (Å²) >= 11 is 0. The third kappa shape index (κ3) is 9.07. The molecule has 2 unspecified atom stereocenters. The van der Waals surface area contributed by atoms with Crippen LogP contribution in [0, 0.1) is 5.92 Å². The first-order chi connectivity index (χ1) is 17.1. The number of halogens is 2. The Labute approximate surface area is 225 Å². The number of rotatable bonds is 19. The lowest BCUT2D eigenvalue weighted by atomic mass is 9.76. The van der Waals surface area contributed by atoms with E-state index >= 15 is 8.78 Å². The lowest BCUT2D eigenvalue weighted by Crippen LogP contribution is -2.52. The molecule has 37 heavy (non-hydrogen) atoms. The number of alkyl halides is 2. The fourth-order valence-corrected chi connectivity index (χ4v) is 6.83. The van der Waals surface area contributed by atoms with Gasteiger partial charge in [0.15, 0.2) is 8.32 Å². The third-order valence-corrected chi connectivity index (χ3v) is 13.1. The zero-order chi connectivity index (χ0) is 28.5. The van der Waals surface area contributed by atoms with Gasteiger partial charge in [-0.1, -0.05) is 40.5 Å². The minimum atomic E-state index is -4.83. The molecule has 1 fully saturated rings. The number of ether oxygens (including phenoxy) is 3. The average Bonchev–Trinajstić information content (AvgIpc) is 3.00. The Morgan fingerprint density at radius 1 is 1.05 bits per heavy atom. The Morgan fingerprint density at radius 2 is 1.59 bits per heavy atom. The van der Waals surface area contributed by atoms with Crippen LogP contribution in [0.5, 0.6) is 0 Å². The Bertz CT molecular complexity index is 716. The van der Waals surface area contributed by atoms with E-state index < -0.39 is 56.7 Å². The summed E-state index contributed by atoms with van der Waals surface area (Å²) in [7, 11) is -1.01. The largest absolute Gasteiger partial charge is 0.432 e. The van der Waals surface area contributed by atoms with Gasteiger partial charge in [-0.3, -0.25) is 4.57 Å². The predicted molar refractivity (Wildman–Crippen MR) is 146 cm³/mol. The van der Waals surface area contributed by atoms with E-state index in [1.54, 1.807) is 0 Å². The van der Waals surface area contributed by atoms with E-state index in [2.05, 4.69) is 0 Å². The molecule has 0 bridgehead atoms. The summed E-state index contributed by atoms with van der Waals surface area (Å²) in [5, 5.41) is -0.501. The SMILES string of the molecule is [B][C@@H]1O[C@](COCCCC)(CC(F)(F)P(=O)(OCC)OCC)C(OCCCC)C1CC(C)(C)[Si](C)(C)O. The standard InChI is InChI=1S/C25H50BF2O7PSi/c1-9-13-15-31-19-24(18-25(27,28)36(29,33-11-3)34-12-4)21(32-16-14-10-2)20(22(26)35-24)17-23(5,6)37(7,8)30/h20-22,30H,9-19H2,1-8H3/t20?,21?,22-,24+/m1/s1. The van der Waals surface area contributed by atoms with Crippen molar-refractivity contribution in [1.29, 1.82) is 0 Å². The Balaban J connectivity index is 3.55. The molecule has 1 aliphatic rings. The summed E-state index contributed by atoms with van der Waals surface area (Å²) in [5.41, 5.74) is -5.56. The van der Waals surface area contributed by atoms with Gasteiger partial charge in [-0.15, -0.1) is 0 Å². The smallest absolute Gasteiger partial charge is 0.399 e. The molecule has 0 saturated carbocycles. The van der Waals surface area contributed by atoms with Gasteiger partial charge in [0.05, 0.1) is 32.3 Å². The van der Waals surface area contributed by atoms with Crippen LogP contribution in [0.15, 0.2) is 0 Å². The minimum Gasteiger partial charge on any atom is -0.432 e. The van der Waals surface area contributed by atoms with Crippen LogP contribution in [-0.4, -0.2) is 77.4 Å². The second-order valence-electron chi connectivity index (χ2n) is 11.2. The molecule has 0 aromatic carbocycles. The van der Waals surface area contributed by atoms with Crippen LogP contribution in [0.2, 0.25) is 18.1 Å². The fourth-order valence-electron chi connectivity index (χ4n) is 4.50. The van der Waals surface area contributed by atoms with Gasteiger partial charge >= 0.3 is 13.3 Å². The quantitative estimate of drug-likeness (QED) is 0.108. The molecule has 4 atom stereocenters. The summed E-state index contributed by atoms with van der Waals surface area (Å²) in [6, 6.07) is -0.939. The van der Waals surface area contributed by atoms with E-state index in [0.717, 1.165) is 25.7 Å². The maximum absolute atomic E-state index is 15.9. The van der Waals surface area contributed by atoms with E-state index in [4.69, 9.17) is 31.1 Å². The lowest BCUT2D eigenvalue weighted by Gasteiger charge is -2.41. The number of unbranched alkanes of at least 4 members (excludes halogenated alkanes) is 2. The molecule has 0 aliphatic carbocycles. The van der Waals surface area contributed by atoms with Crippen LogP contribution in [0.1, 0.15) is 80.1 Å². The molecule has 0 amide bonds. The van der Waals surface area contributed by atoms with Gasteiger partial charge in [0.1, 0.15) is 13.4 Å². The van der Waals surface area contributed by atoms with Gasteiger partial charge < -0.3 is 28.1 Å². The van der Waals surface area contributed by atoms with Gasteiger partial charge in [-0.2, -0.15) is 8.78 Å². The molecule has 1 saturated heterocycles. The molecule has 1 N–H and O–H groups in total. The second kappa shape index (κ2) is 14.7. The van der Waals surface area contributed by atoms with Crippen molar-refractivity contribution in [3.8, 4) is 0 Å². The third-order valence-electron chi connectivity index (χ3n) is 7.40. The van der Waals surface area contributed by atoms with Crippen molar-refractivity contribution in [1.82, 2.24) is 0 Å². The van der Waals surface area contributed by atoms with Gasteiger partial charge in [-0.25, -0.2) is 0 Å². The number of hydrogen-bond acceptors (Lipinski definition) is 7. The Morgan fingerprint density at radius 3 is 2.08 bits per heavy atom. The molecule has 0 aromatic heterocycles. The van der Waals surface area contributed by atoms with E-state index in [0.29, 0.717) is 19.6 Å². The van der Waals surface area contributed by atoms with Crippen LogP contribution < -0.4 is 0 Å². The maximum Gasteiger partial charge on any atom is 0.399 e. The maximum atomic E-state index is 15.9. The zero-order valence-electron chi connectivity index (χ0n) is 24.2. The second-order valence-corrected chi connectivity index (χ2v) is 17.8. The molecule has 2 radical (unpaired) electrons. The molecule has 12 heteroatoms. The van der Waals surface area contributed by atoms with Crippen LogP contribution >= 0.6 is 7.60 Å². The molecule has 1 heterocycles.